The Morgan fingerprint density at radius 3 is 2.70 bits per heavy atom. The minimum atomic E-state index is -3.51. The molecule has 6 nitrogen and oxygen atoms in total. The molecule has 1 aromatic carbocycles. The molecule has 0 spiro atoms. The lowest BCUT2D eigenvalue weighted by atomic mass is 10.1. The van der Waals surface area contributed by atoms with Crippen LogP contribution in [0.2, 0.25) is 0 Å². The van der Waals surface area contributed by atoms with Crippen LogP contribution in [0, 0.1) is 10.1 Å². The van der Waals surface area contributed by atoms with Crippen molar-refractivity contribution in [2.24, 2.45) is 0 Å². The van der Waals surface area contributed by atoms with Crippen molar-refractivity contribution in [1.29, 1.82) is 0 Å². The third-order valence-corrected chi connectivity index (χ3v) is 5.56. The third kappa shape index (κ3) is 3.16. The maximum Gasteiger partial charge on any atom is 0.273 e. The summed E-state index contributed by atoms with van der Waals surface area (Å²) >= 11 is 0. The van der Waals surface area contributed by atoms with Crippen molar-refractivity contribution in [2.75, 3.05) is 6.54 Å². The first-order valence-electron chi connectivity index (χ1n) is 6.63. The largest absolute Gasteiger partial charge is 0.273 e. The zero-order valence-electron chi connectivity index (χ0n) is 11.4. The molecule has 0 amide bonds. The van der Waals surface area contributed by atoms with Gasteiger partial charge in [0.05, 0.1) is 10.7 Å². The maximum atomic E-state index is 12.4. The van der Waals surface area contributed by atoms with E-state index in [0.717, 1.165) is 19.3 Å². The van der Waals surface area contributed by atoms with Gasteiger partial charge in [-0.05, 0) is 19.8 Å². The van der Waals surface area contributed by atoms with Crippen LogP contribution >= 0.6 is 0 Å². The lowest BCUT2D eigenvalue weighted by Crippen LogP contribution is -2.42. The van der Waals surface area contributed by atoms with Crippen molar-refractivity contribution in [3.63, 3.8) is 0 Å². The van der Waals surface area contributed by atoms with E-state index in [9.17, 15) is 18.5 Å². The minimum Gasteiger partial charge on any atom is -0.258 e. The van der Waals surface area contributed by atoms with E-state index in [1.807, 2.05) is 6.92 Å². The molecule has 0 aliphatic carbocycles. The van der Waals surface area contributed by atoms with Crippen molar-refractivity contribution in [2.45, 2.75) is 38.0 Å². The zero-order chi connectivity index (χ0) is 14.8. The predicted molar refractivity (Wildman–Crippen MR) is 75.7 cm³/mol. The van der Waals surface area contributed by atoms with Gasteiger partial charge >= 0.3 is 0 Å². The first-order valence-corrected chi connectivity index (χ1v) is 8.24. The second-order valence-electron chi connectivity index (χ2n) is 5.10. The number of benzene rings is 1. The van der Waals surface area contributed by atoms with Crippen LogP contribution in [0.25, 0.3) is 0 Å². The van der Waals surface area contributed by atoms with Gasteiger partial charge in [-0.1, -0.05) is 24.6 Å². The van der Waals surface area contributed by atoms with Gasteiger partial charge in [0.1, 0.15) is 0 Å². The second-order valence-corrected chi connectivity index (χ2v) is 7.02. The Hall–Kier alpha value is -1.47. The quantitative estimate of drug-likeness (QED) is 0.631. The number of piperidine rings is 1. The normalized spacial score (nSPS) is 20.8. The number of rotatable bonds is 4. The fourth-order valence-corrected chi connectivity index (χ4v) is 4.44. The predicted octanol–water partition coefficient (Wildman–Crippen LogP) is 2.30. The smallest absolute Gasteiger partial charge is 0.258 e. The molecule has 0 saturated carbocycles. The Bertz CT molecular complexity index is 600. The molecule has 7 heteroatoms. The molecule has 0 radical (unpaired) electrons. The highest BCUT2D eigenvalue weighted by molar-refractivity contribution is 7.88. The van der Waals surface area contributed by atoms with Gasteiger partial charge in [-0.15, -0.1) is 0 Å². The molecule has 20 heavy (non-hydrogen) atoms. The standard InChI is InChI=1S/C13H18N2O4S/c1-11-6-4-5-9-14(11)20(18,19)10-12-7-2-3-8-13(12)15(16)17/h2-3,7-8,11H,4-6,9-10H2,1H3. The molecule has 1 aliphatic rings. The van der Waals surface area contributed by atoms with Gasteiger partial charge in [-0.2, -0.15) is 4.31 Å². The summed E-state index contributed by atoms with van der Waals surface area (Å²) < 4.78 is 26.4. The Labute approximate surface area is 118 Å². The lowest BCUT2D eigenvalue weighted by molar-refractivity contribution is -0.385. The van der Waals surface area contributed by atoms with Crippen molar-refractivity contribution >= 4 is 15.7 Å². The van der Waals surface area contributed by atoms with E-state index in [-0.39, 0.29) is 23.0 Å². The highest BCUT2D eigenvalue weighted by Crippen LogP contribution is 2.25. The second kappa shape index (κ2) is 5.88. The van der Waals surface area contributed by atoms with Gasteiger partial charge < -0.3 is 0 Å². The van der Waals surface area contributed by atoms with Crippen LogP contribution in [0.5, 0.6) is 0 Å². The van der Waals surface area contributed by atoms with Crippen LogP contribution < -0.4 is 0 Å². The molecular weight excluding hydrogens is 280 g/mol. The molecule has 0 bridgehead atoms. The van der Waals surface area contributed by atoms with Crippen molar-refractivity contribution < 1.29 is 13.3 Å². The fraction of sp³-hybridized carbons (Fsp3) is 0.538. The number of nitro benzene ring substituents is 1. The topological polar surface area (TPSA) is 80.5 Å². The lowest BCUT2D eigenvalue weighted by Gasteiger charge is -2.32. The Morgan fingerprint density at radius 2 is 2.05 bits per heavy atom. The van der Waals surface area contributed by atoms with Gasteiger partial charge in [0, 0.05) is 24.2 Å². The van der Waals surface area contributed by atoms with Crippen molar-refractivity contribution in [3.8, 4) is 0 Å². The van der Waals surface area contributed by atoms with Crippen LogP contribution in [0.15, 0.2) is 24.3 Å². The van der Waals surface area contributed by atoms with Crippen molar-refractivity contribution in [1.82, 2.24) is 4.31 Å². The maximum absolute atomic E-state index is 12.4. The third-order valence-electron chi connectivity index (χ3n) is 3.63. The van der Waals surface area contributed by atoms with E-state index in [4.69, 9.17) is 0 Å². The highest BCUT2D eigenvalue weighted by Gasteiger charge is 2.31. The molecule has 1 unspecified atom stereocenters. The summed E-state index contributed by atoms with van der Waals surface area (Å²) in [5.74, 6) is -0.311. The molecule has 1 heterocycles. The Balaban J connectivity index is 2.26. The van der Waals surface area contributed by atoms with Gasteiger partial charge in [-0.3, -0.25) is 10.1 Å². The molecule has 0 aromatic heterocycles. The van der Waals surface area contributed by atoms with Gasteiger partial charge in [-0.25, -0.2) is 8.42 Å². The number of para-hydroxylation sites is 1. The molecule has 1 aliphatic heterocycles. The molecule has 110 valence electrons. The summed E-state index contributed by atoms with van der Waals surface area (Å²) in [7, 11) is -3.51. The minimum absolute atomic E-state index is 0.0310. The molecule has 0 N–H and O–H groups in total. The molecule has 1 fully saturated rings. The first-order chi connectivity index (χ1) is 9.42. The summed E-state index contributed by atoms with van der Waals surface area (Å²) in [5, 5.41) is 10.9. The van der Waals surface area contributed by atoms with Gasteiger partial charge in [0.2, 0.25) is 10.0 Å². The molecule has 1 aromatic rings. The van der Waals surface area contributed by atoms with E-state index in [1.54, 1.807) is 6.07 Å². The molecule has 1 saturated heterocycles. The van der Waals surface area contributed by atoms with E-state index in [1.165, 1.54) is 22.5 Å². The summed E-state index contributed by atoms with van der Waals surface area (Å²) in [4.78, 5) is 10.4. The van der Waals surface area contributed by atoms with Crippen LogP contribution in [0.1, 0.15) is 31.7 Å². The van der Waals surface area contributed by atoms with Crippen LogP contribution in [-0.4, -0.2) is 30.2 Å². The average Bonchev–Trinajstić information content (AvgIpc) is 2.39. The molecule has 1 atom stereocenters. The first kappa shape index (κ1) is 14.9. The van der Waals surface area contributed by atoms with Crippen LogP contribution in [-0.2, 0) is 15.8 Å². The fourth-order valence-electron chi connectivity index (χ4n) is 2.58. The number of nitrogens with zero attached hydrogens (tertiary/aromatic N) is 2. The highest BCUT2D eigenvalue weighted by atomic mass is 32.2. The summed E-state index contributed by atoms with van der Waals surface area (Å²) in [6.45, 7) is 2.39. The zero-order valence-corrected chi connectivity index (χ0v) is 12.2. The Morgan fingerprint density at radius 1 is 1.35 bits per heavy atom. The average molecular weight is 298 g/mol. The summed E-state index contributed by atoms with van der Waals surface area (Å²) in [6, 6.07) is 5.97. The van der Waals surface area contributed by atoms with E-state index >= 15 is 0 Å². The number of sulfonamides is 1. The number of nitro groups is 1. The van der Waals surface area contributed by atoms with E-state index in [2.05, 4.69) is 0 Å². The van der Waals surface area contributed by atoms with Crippen LogP contribution in [0.4, 0.5) is 5.69 Å². The van der Waals surface area contributed by atoms with Crippen LogP contribution in [0.3, 0.4) is 0 Å². The number of hydrogen-bond donors (Lipinski definition) is 0. The summed E-state index contributed by atoms with van der Waals surface area (Å²) in [5.41, 5.74) is 0.107. The Kier molecular flexibility index (Phi) is 4.39. The summed E-state index contributed by atoms with van der Waals surface area (Å²) in [6.07, 6.45) is 2.72. The molecular formula is C13H18N2O4S. The van der Waals surface area contributed by atoms with Gasteiger partial charge in [0.25, 0.3) is 5.69 Å². The molecule has 2 rings (SSSR count). The van der Waals surface area contributed by atoms with Crippen molar-refractivity contribution in [3.05, 3.63) is 39.9 Å². The van der Waals surface area contributed by atoms with Gasteiger partial charge in [0.15, 0.2) is 0 Å². The SMILES string of the molecule is CC1CCCCN1S(=O)(=O)Cc1ccccc1[N+](=O)[O-]. The van der Waals surface area contributed by atoms with E-state index in [0.29, 0.717) is 6.54 Å². The monoisotopic (exact) mass is 298 g/mol. The number of hydrogen-bond acceptors (Lipinski definition) is 4. The van der Waals surface area contributed by atoms with E-state index < -0.39 is 14.9 Å².